The number of nitrogens with two attached hydrogens (primary N) is 1. The number of carbonyl (C=O) groups excluding carboxylic acids is 1. The maximum Gasteiger partial charge on any atom is 0.253 e. The SMILES string of the molecule is N[C@@]12CCOC[C@@H]1CN(C(=O)c1ccc(N3CCOCC3)cc1)C2. The Balaban J connectivity index is 1.45. The molecule has 1 aromatic rings. The molecule has 2 N–H and O–H groups in total. The van der Waals surface area contributed by atoms with Crippen LogP contribution in [0, 0.1) is 5.92 Å². The largest absolute Gasteiger partial charge is 0.381 e. The molecule has 0 aromatic heterocycles. The first-order valence-corrected chi connectivity index (χ1v) is 8.74. The van der Waals surface area contributed by atoms with Crippen LogP contribution in [0.2, 0.25) is 0 Å². The van der Waals surface area contributed by atoms with Crippen LogP contribution in [-0.4, -0.2) is 69.0 Å². The molecule has 0 radical (unpaired) electrons. The number of nitrogens with zero attached hydrogens (tertiary/aromatic N) is 2. The number of anilines is 1. The number of fused-ring (bicyclic) bond motifs is 1. The van der Waals surface area contributed by atoms with Crippen LogP contribution in [0.25, 0.3) is 0 Å². The highest BCUT2D eigenvalue weighted by Crippen LogP contribution is 2.33. The monoisotopic (exact) mass is 331 g/mol. The lowest BCUT2D eigenvalue weighted by Gasteiger charge is -2.34. The molecule has 3 heterocycles. The van der Waals surface area contributed by atoms with Gasteiger partial charge in [0.1, 0.15) is 0 Å². The van der Waals surface area contributed by atoms with Gasteiger partial charge in [0.15, 0.2) is 0 Å². The molecule has 2 atom stereocenters. The predicted octanol–water partition coefficient (Wildman–Crippen LogP) is 0.713. The Bertz CT molecular complexity index is 600. The van der Waals surface area contributed by atoms with Crippen LogP contribution >= 0.6 is 0 Å². The Morgan fingerprint density at radius 3 is 2.58 bits per heavy atom. The van der Waals surface area contributed by atoms with E-state index in [4.69, 9.17) is 15.2 Å². The topological polar surface area (TPSA) is 68.0 Å². The number of morpholine rings is 1. The van der Waals surface area contributed by atoms with E-state index in [1.54, 1.807) is 0 Å². The van der Waals surface area contributed by atoms with Gasteiger partial charge in [-0.3, -0.25) is 4.79 Å². The summed E-state index contributed by atoms with van der Waals surface area (Å²) < 4.78 is 10.9. The summed E-state index contributed by atoms with van der Waals surface area (Å²) in [5.74, 6) is 0.325. The fraction of sp³-hybridized carbons (Fsp3) is 0.611. The number of amides is 1. The molecule has 3 aliphatic rings. The minimum absolute atomic E-state index is 0.0720. The maximum atomic E-state index is 12.8. The normalized spacial score (nSPS) is 30.3. The summed E-state index contributed by atoms with van der Waals surface area (Å²) in [7, 11) is 0. The fourth-order valence-electron chi connectivity index (χ4n) is 3.96. The predicted molar refractivity (Wildman–Crippen MR) is 91.2 cm³/mol. The average Bonchev–Trinajstić information content (AvgIpc) is 2.99. The number of ether oxygens (including phenoxy) is 2. The summed E-state index contributed by atoms with van der Waals surface area (Å²) in [6, 6.07) is 7.91. The highest BCUT2D eigenvalue weighted by Gasteiger charge is 2.47. The molecule has 3 fully saturated rings. The fourth-order valence-corrected chi connectivity index (χ4v) is 3.96. The van der Waals surface area contributed by atoms with E-state index in [9.17, 15) is 4.79 Å². The molecule has 0 bridgehead atoms. The molecule has 1 amide bonds. The number of benzene rings is 1. The van der Waals surface area contributed by atoms with Gasteiger partial charge in [-0.1, -0.05) is 0 Å². The van der Waals surface area contributed by atoms with Crippen molar-refractivity contribution < 1.29 is 14.3 Å². The van der Waals surface area contributed by atoms with Crippen molar-refractivity contribution >= 4 is 11.6 Å². The maximum absolute atomic E-state index is 12.8. The van der Waals surface area contributed by atoms with Gasteiger partial charge in [-0.15, -0.1) is 0 Å². The Morgan fingerprint density at radius 2 is 1.88 bits per heavy atom. The number of hydrogen-bond donors (Lipinski definition) is 1. The van der Waals surface area contributed by atoms with Crippen LogP contribution in [0.4, 0.5) is 5.69 Å². The van der Waals surface area contributed by atoms with Gasteiger partial charge < -0.3 is 25.0 Å². The lowest BCUT2D eigenvalue weighted by atomic mass is 9.84. The second-order valence-electron chi connectivity index (χ2n) is 7.09. The summed E-state index contributed by atoms with van der Waals surface area (Å²) in [5, 5.41) is 0. The number of rotatable bonds is 2. The van der Waals surface area contributed by atoms with E-state index in [1.165, 1.54) is 0 Å². The second-order valence-corrected chi connectivity index (χ2v) is 7.09. The minimum atomic E-state index is -0.276. The van der Waals surface area contributed by atoms with E-state index < -0.39 is 0 Å². The van der Waals surface area contributed by atoms with Crippen molar-refractivity contribution in [2.45, 2.75) is 12.0 Å². The number of likely N-dealkylation sites (tertiary alicyclic amines) is 1. The Kier molecular flexibility index (Phi) is 4.20. The van der Waals surface area contributed by atoms with Crippen LogP contribution < -0.4 is 10.6 Å². The van der Waals surface area contributed by atoms with Gasteiger partial charge in [0, 0.05) is 55.5 Å². The van der Waals surface area contributed by atoms with E-state index in [0.29, 0.717) is 26.3 Å². The first-order valence-electron chi connectivity index (χ1n) is 8.74. The van der Waals surface area contributed by atoms with E-state index >= 15 is 0 Å². The van der Waals surface area contributed by atoms with Crippen LogP contribution in [0.5, 0.6) is 0 Å². The molecular formula is C18H25N3O3. The van der Waals surface area contributed by atoms with Crippen LogP contribution in [0.3, 0.4) is 0 Å². The molecule has 24 heavy (non-hydrogen) atoms. The van der Waals surface area contributed by atoms with Gasteiger partial charge in [0.05, 0.1) is 19.8 Å². The summed E-state index contributed by atoms with van der Waals surface area (Å²) in [5.41, 5.74) is 8.10. The lowest BCUT2D eigenvalue weighted by Crippen LogP contribution is -2.52. The Labute approximate surface area is 142 Å². The van der Waals surface area contributed by atoms with Crippen molar-refractivity contribution in [1.29, 1.82) is 0 Å². The molecular weight excluding hydrogens is 306 g/mol. The van der Waals surface area contributed by atoms with Crippen molar-refractivity contribution in [3.8, 4) is 0 Å². The van der Waals surface area contributed by atoms with Gasteiger partial charge in [-0.25, -0.2) is 0 Å². The summed E-state index contributed by atoms with van der Waals surface area (Å²) >= 11 is 0. The molecule has 0 unspecified atom stereocenters. The number of carbonyl (C=O) groups is 1. The third-order valence-corrected chi connectivity index (χ3v) is 5.55. The summed E-state index contributed by atoms with van der Waals surface area (Å²) in [6.07, 6.45) is 0.831. The Hall–Kier alpha value is -1.63. The molecule has 4 rings (SSSR count). The van der Waals surface area contributed by atoms with Crippen LogP contribution in [0.1, 0.15) is 16.8 Å². The van der Waals surface area contributed by atoms with E-state index in [0.717, 1.165) is 44.0 Å². The molecule has 3 saturated heterocycles. The zero-order chi connectivity index (χ0) is 16.6. The Morgan fingerprint density at radius 1 is 1.12 bits per heavy atom. The van der Waals surface area contributed by atoms with Crippen LogP contribution in [0.15, 0.2) is 24.3 Å². The lowest BCUT2D eigenvalue weighted by molar-refractivity contribution is 0.0241. The molecule has 6 nitrogen and oxygen atoms in total. The van der Waals surface area contributed by atoms with Crippen molar-refractivity contribution in [3.63, 3.8) is 0 Å². The third kappa shape index (κ3) is 2.90. The highest BCUT2D eigenvalue weighted by molar-refractivity contribution is 5.95. The summed E-state index contributed by atoms with van der Waals surface area (Å²) in [4.78, 5) is 17.0. The second kappa shape index (κ2) is 6.35. The first kappa shape index (κ1) is 15.9. The van der Waals surface area contributed by atoms with Gasteiger partial charge in [0.25, 0.3) is 5.91 Å². The van der Waals surface area contributed by atoms with Crippen molar-refractivity contribution in [2.75, 3.05) is 57.5 Å². The molecule has 0 saturated carbocycles. The molecule has 0 spiro atoms. The first-order chi connectivity index (χ1) is 11.7. The zero-order valence-electron chi connectivity index (χ0n) is 13.9. The van der Waals surface area contributed by atoms with E-state index in [-0.39, 0.29) is 17.4 Å². The van der Waals surface area contributed by atoms with Gasteiger partial charge >= 0.3 is 0 Å². The quantitative estimate of drug-likeness (QED) is 0.865. The van der Waals surface area contributed by atoms with Gasteiger partial charge in [-0.05, 0) is 30.7 Å². The van der Waals surface area contributed by atoms with Gasteiger partial charge in [0.2, 0.25) is 0 Å². The number of hydrogen-bond acceptors (Lipinski definition) is 5. The van der Waals surface area contributed by atoms with Crippen molar-refractivity contribution in [2.24, 2.45) is 11.7 Å². The molecule has 1 aromatic carbocycles. The average molecular weight is 331 g/mol. The van der Waals surface area contributed by atoms with E-state index in [1.807, 2.05) is 29.2 Å². The minimum Gasteiger partial charge on any atom is -0.381 e. The van der Waals surface area contributed by atoms with Crippen molar-refractivity contribution in [1.82, 2.24) is 4.90 Å². The van der Waals surface area contributed by atoms with Crippen LogP contribution in [-0.2, 0) is 9.47 Å². The standard InChI is InChI=1S/C18H25N3O3/c19-18-5-8-24-12-15(18)11-21(13-18)17(22)14-1-3-16(4-2-14)20-6-9-23-10-7-20/h1-4,15H,5-13,19H2/t15-,18+/m0/s1. The van der Waals surface area contributed by atoms with Gasteiger partial charge in [-0.2, -0.15) is 0 Å². The third-order valence-electron chi connectivity index (χ3n) is 5.55. The van der Waals surface area contributed by atoms with E-state index in [2.05, 4.69) is 4.90 Å². The summed E-state index contributed by atoms with van der Waals surface area (Å²) in [6.45, 7) is 6.01. The molecule has 130 valence electrons. The highest BCUT2D eigenvalue weighted by atomic mass is 16.5. The van der Waals surface area contributed by atoms with Crippen molar-refractivity contribution in [3.05, 3.63) is 29.8 Å². The smallest absolute Gasteiger partial charge is 0.253 e. The molecule has 0 aliphatic carbocycles. The molecule has 6 heteroatoms. The molecule has 3 aliphatic heterocycles. The zero-order valence-corrected chi connectivity index (χ0v) is 13.9.